The van der Waals surface area contributed by atoms with Crippen molar-refractivity contribution < 1.29 is 9.59 Å². The molecule has 3 aliphatic heterocycles. The van der Waals surface area contributed by atoms with Crippen LogP contribution in [0.3, 0.4) is 0 Å². The summed E-state index contributed by atoms with van der Waals surface area (Å²) in [7, 11) is 0. The number of rotatable bonds is 2. The SMILES string of the molecule is Cl.O=C1CSc2ccc(C(=O)NC3CC4CCC(C3)N4)cc2N1. The predicted octanol–water partition coefficient (Wildman–Crippen LogP) is 2.17. The number of carbonyl (C=O) groups is 2. The zero-order valence-electron chi connectivity index (χ0n) is 12.6. The average Bonchev–Trinajstić information content (AvgIpc) is 2.85. The minimum absolute atomic E-state index is 0. The minimum atomic E-state index is -0.0427. The highest BCUT2D eigenvalue weighted by Gasteiger charge is 2.34. The normalized spacial score (nSPS) is 28.3. The van der Waals surface area contributed by atoms with E-state index in [4.69, 9.17) is 0 Å². The van der Waals surface area contributed by atoms with Crippen molar-refractivity contribution in [2.24, 2.45) is 0 Å². The molecule has 1 aromatic rings. The van der Waals surface area contributed by atoms with E-state index in [1.54, 1.807) is 6.07 Å². The summed E-state index contributed by atoms with van der Waals surface area (Å²) in [4.78, 5) is 25.0. The molecule has 5 nitrogen and oxygen atoms in total. The lowest BCUT2D eigenvalue weighted by Crippen LogP contribution is -2.48. The molecule has 0 spiro atoms. The molecule has 2 bridgehead atoms. The zero-order chi connectivity index (χ0) is 15.1. The number of benzene rings is 1. The number of hydrogen-bond acceptors (Lipinski definition) is 4. The Morgan fingerprint density at radius 1 is 1.22 bits per heavy atom. The van der Waals surface area contributed by atoms with E-state index in [0.717, 1.165) is 23.4 Å². The Bertz CT molecular complexity index is 628. The van der Waals surface area contributed by atoms with Gasteiger partial charge in [-0.05, 0) is 43.9 Å². The van der Waals surface area contributed by atoms with Crippen LogP contribution < -0.4 is 16.0 Å². The fourth-order valence-corrected chi connectivity index (χ4v) is 4.46. The Labute approximate surface area is 145 Å². The van der Waals surface area contributed by atoms with E-state index in [-0.39, 0.29) is 30.3 Å². The van der Waals surface area contributed by atoms with Crippen molar-refractivity contribution in [3.63, 3.8) is 0 Å². The van der Waals surface area contributed by atoms with Gasteiger partial charge < -0.3 is 16.0 Å². The van der Waals surface area contributed by atoms with Gasteiger partial charge in [-0.3, -0.25) is 9.59 Å². The van der Waals surface area contributed by atoms with Gasteiger partial charge in [0.05, 0.1) is 11.4 Å². The lowest BCUT2D eigenvalue weighted by molar-refractivity contribution is -0.113. The van der Waals surface area contributed by atoms with Crippen molar-refractivity contribution in [2.45, 2.75) is 48.7 Å². The highest BCUT2D eigenvalue weighted by molar-refractivity contribution is 8.00. The van der Waals surface area contributed by atoms with Crippen LogP contribution in [0.4, 0.5) is 5.69 Å². The van der Waals surface area contributed by atoms with E-state index in [0.29, 0.717) is 23.4 Å². The lowest BCUT2D eigenvalue weighted by Gasteiger charge is -2.29. The number of anilines is 1. The van der Waals surface area contributed by atoms with E-state index >= 15 is 0 Å². The number of fused-ring (bicyclic) bond motifs is 3. The first-order chi connectivity index (χ1) is 10.7. The molecule has 3 heterocycles. The summed E-state index contributed by atoms with van der Waals surface area (Å²) < 4.78 is 0. The molecule has 2 atom stereocenters. The molecule has 0 aliphatic carbocycles. The van der Waals surface area contributed by atoms with E-state index in [2.05, 4.69) is 16.0 Å². The first-order valence-corrected chi connectivity index (χ1v) is 8.79. The van der Waals surface area contributed by atoms with Gasteiger partial charge >= 0.3 is 0 Å². The molecule has 0 aromatic heterocycles. The van der Waals surface area contributed by atoms with E-state index in [9.17, 15) is 9.59 Å². The van der Waals surface area contributed by atoms with Crippen LogP contribution in [0.5, 0.6) is 0 Å². The van der Waals surface area contributed by atoms with Crippen LogP contribution in [0, 0.1) is 0 Å². The number of hydrogen-bond donors (Lipinski definition) is 3. The first-order valence-electron chi connectivity index (χ1n) is 7.81. The lowest BCUT2D eigenvalue weighted by atomic mass is 9.99. The Hall–Kier alpha value is -1.24. The van der Waals surface area contributed by atoms with Crippen molar-refractivity contribution in [1.29, 1.82) is 0 Å². The number of halogens is 1. The molecule has 2 unspecified atom stereocenters. The second kappa shape index (κ2) is 6.71. The minimum Gasteiger partial charge on any atom is -0.349 e. The second-order valence-corrected chi connectivity index (χ2v) is 7.34. The maximum Gasteiger partial charge on any atom is 0.251 e. The molecule has 3 aliphatic rings. The Kier molecular flexibility index (Phi) is 4.85. The Morgan fingerprint density at radius 2 is 1.96 bits per heavy atom. The summed E-state index contributed by atoms with van der Waals surface area (Å²) in [5.41, 5.74) is 1.37. The van der Waals surface area contributed by atoms with Gasteiger partial charge in [-0.1, -0.05) is 0 Å². The van der Waals surface area contributed by atoms with Gasteiger partial charge in [0.1, 0.15) is 0 Å². The highest BCUT2D eigenvalue weighted by Crippen LogP contribution is 2.32. The van der Waals surface area contributed by atoms with Crippen molar-refractivity contribution in [3.05, 3.63) is 23.8 Å². The van der Waals surface area contributed by atoms with Crippen molar-refractivity contribution in [2.75, 3.05) is 11.1 Å². The molecular formula is C16H20ClN3O2S. The van der Waals surface area contributed by atoms with Crippen LogP contribution in [-0.4, -0.2) is 35.7 Å². The van der Waals surface area contributed by atoms with Crippen LogP contribution in [0.2, 0.25) is 0 Å². The van der Waals surface area contributed by atoms with Crippen LogP contribution in [0.25, 0.3) is 0 Å². The smallest absolute Gasteiger partial charge is 0.251 e. The third-order valence-corrected chi connectivity index (χ3v) is 5.76. The van der Waals surface area contributed by atoms with Crippen LogP contribution in [0.1, 0.15) is 36.0 Å². The predicted molar refractivity (Wildman–Crippen MR) is 93.5 cm³/mol. The number of piperidine rings is 1. The topological polar surface area (TPSA) is 70.2 Å². The molecular weight excluding hydrogens is 334 g/mol. The molecule has 7 heteroatoms. The summed E-state index contributed by atoms with van der Waals surface area (Å²) >= 11 is 1.51. The molecule has 3 N–H and O–H groups in total. The number of nitrogens with one attached hydrogen (secondary N) is 3. The first kappa shape index (κ1) is 16.6. The van der Waals surface area contributed by atoms with Gasteiger partial charge in [0, 0.05) is 28.6 Å². The summed E-state index contributed by atoms with van der Waals surface area (Å²) in [5.74, 6) is 0.389. The third-order valence-electron chi connectivity index (χ3n) is 4.68. The Morgan fingerprint density at radius 3 is 2.70 bits per heavy atom. The summed E-state index contributed by atoms with van der Waals surface area (Å²) in [6.07, 6.45) is 4.47. The quantitative estimate of drug-likeness (QED) is 0.762. The van der Waals surface area contributed by atoms with Gasteiger partial charge in [0.15, 0.2) is 0 Å². The number of thioether (sulfide) groups is 1. The van der Waals surface area contributed by atoms with Gasteiger partial charge in [-0.15, -0.1) is 24.2 Å². The van der Waals surface area contributed by atoms with Crippen LogP contribution in [-0.2, 0) is 4.79 Å². The molecule has 2 amide bonds. The average molecular weight is 354 g/mol. The van der Waals surface area contributed by atoms with Gasteiger partial charge in [0.2, 0.25) is 5.91 Å². The Balaban J connectivity index is 0.00000156. The number of amides is 2. The van der Waals surface area contributed by atoms with Gasteiger partial charge in [-0.25, -0.2) is 0 Å². The summed E-state index contributed by atoms with van der Waals surface area (Å²) in [6.45, 7) is 0. The molecule has 124 valence electrons. The van der Waals surface area contributed by atoms with Crippen LogP contribution >= 0.6 is 24.2 Å². The van der Waals surface area contributed by atoms with E-state index in [1.165, 1.54) is 24.6 Å². The van der Waals surface area contributed by atoms with E-state index in [1.807, 2.05) is 12.1 Å². The fourth-order valence-electron chi connectivity index (χ4n) is 3.67. The van der Waals surface area contributed by atoms with Gasteiger partial charge in [0.25, 0.3) is 5.91 Å². The summed E-state index contributed by atoms with van der Waals surface area (Å²) in [5, 5.41) is 9.57. The molecule has 0 saturated carbocycles. The molecule has 4 rings (SSSR count). The second-order valence-electron chi connectivity index (χ2n) is 6.33. The summed E-state index contributed by atoms with van der Waals surface area (Å²) in [6, 6.07) is 6.91. The molecule has 1 aromatic carbocycles. The molecule has 23 heavy (non-hydrogen) atoms. The number of carbonyl (C=O) groups excluding carboxylic acids is 2. The fraction of sp³-hybridized carbons (Fsp3) is 0.500. The third kappa shape index (κ3) is 3.49. The van der Waals surface area contributed by atoms with Crippen LogP contribution in [0.15, 0.2) is 23.1 Å². The zero-order valence-corrected chi connectivity index (χ0v) is 14.3. The molecule has 2 fully saturated rings. The monoisotopic (exact) mass is 353 g/mol. The maximum atomic E-state index is 12.5. The standard InChI is InChI=1S/C16H19N3O2S.ClH/c20-15-8-22-14-4-1-9(5-13(14)19-15)16(21)18-12-6-10-2-3-11(7-12)17-10;/h1,4-5,10-12,17H,2-3,6-8H2,(H,18,21)(H,19,20);1H. The van der Waals surface area contributed by atoms with Gasteiger partial charge in [-0.2, -0.15) is 0 Å². The van der Waals surface area contributed by atoms with E-state index < -0.39 is 0 Å². The highest BCUT2D eigenvalue weighted by atomic mass is 35.5. The van der Waals surface area contributed by atoms with Crippen molar-refractivity contribution >= 4 is 41.7 Å². The molecule has 0 radical (unpaired) electrons. The molecule has 2 saturated heterocycles. The van der Waals surface area contributed by atoms with Crippen molar-refractivity contribution in [1.82, 2.24) is 10.6 Å². The largest absolute Gasteiger partial charge is 0.349 e. The van der Waals surface area contributed by atoms with Crippen molar-refractivity contribution in [3.8, 4) is 0 Å². The maximum absolute atomic E-state index is 12.5.